The van der Waals surface area contributed by atoms with Crippen LogP contribution in [0.1, 0.15) is 52.0 Å². The van der Waals surface area contributed by atoms with Gasteiger partial charge < -0.3 is 4.74 Å². The summed E-state index contributed by atoms with van der Waals surface area (Å²) < 4.78 is 28.8. The molecule has 130 valence electrons. The number of sulfone groups is 1. The first kappa shape index (κ1) is 19.7. The molecule has 0 fully saturated rings. The highest BCUT2D eigenvalue weighted by Gasteiger charge is 2.15. The van der Waals surface area contributed by atoms with Crippen molar-refractivity contribution >= 4 is 15.6 Å². The highest BCUT2D eigenvalue weighted by molar-refractivity contribution is 7.91. The largest absolute Gasteiger partial charge is 0.494 e. The number of Topliss-reactive ketones (excluding diaryl/α,β-unsaturated/α-hetero) is 1. The Balaban J connectivity index is 2.28. The molecule has 0 aromatic heterocycles. The number of ketones is 1. The molecular formula is C18H28O4S. The van der Waals surface area contributed by atoms with Crippen molar-refractivity contribution in [2.75, 3.05) is 12.4 Å². The Hall–Kier alpha value is -1.36. The molecule has 0 N–H and O–H groups in total. The van der Waals surface area contributed by atoms with Crippen molar-refractivity contribution in [1.29, 1.82) is 0 Å². The first-order chi connectivity index (χ1) is 10.8. The fraction of sp³-hybridized carbons (Fsp3) is 0.611. The maximum atomic E-state index is 12.0. The van der Waals surface area contributed by atoms with Crippen LogP contribution < -0.4 is 4.74 Å². The molecule has 0 aliphatic rings. The molecule has 0 heterocycles. The second-order valence-corrected chi connectivity index (χ2v) is 8.70. The fourth-order valence-corrected chi connectivity index (χ4v) is 3.34. The van der Waals surface area contributed by atoms with E-state index in [9.17, 15) is 13.2 Å². The van der Waals surface area contributed by atoms with E-state index in [1.165, 1.54) is 0 Å². The normalized spacial score (nSPS) is 11.7. The topological polar surface area (TPSA) is 60.4 Å². The molecule has 1 aromatic carbocycles. The predicted octanol–water partition coefficient (Wildman–Crippen LogP) is 3.58. The molecule has 0 radical (unpaired) electrons. The summed E-state index contributed by atoms with van der Waals surface area (Å²) in [6, 6.07) is 7.60. The maximum absolute atomic E-state index is 12.0. The average Bonchev–Trinajstić information content (AvgIpc) is 2.47. The Labute approximate surface area is 140 Å². The Morgan fingerprint density at radius 1 is 1.17 bits per heavy atom. The molecule has 0 aliphatic heterocycles. The standard InChI is InChI=1S/C18H28O4S/c1-4-22-18-11-8-9-16(14-18)13-17(19)10-6-5-7-12-23(20,21)15(2)3/h8-9,11,14-15H,4-7,10,12-13H2,1-3H3. The van der Waals surface area contributed by atoms with E-state index < -0.39 is 9.84 Å². The zero-order valence-electron chi connectivity index (χ0n) is 14.4. The van der Waals surface area contributed by atoms with Gasteiger partial charge in [-0.1, -0.05) is 18.6 Å². The first-order valence-electron chi connectivity index (χ1n) is 8.30. The molecule has 0 unspecified atom stereocenters. The van der Waals surface area contributed by atoms with Crippen LogP contribution in [0.5, 0.6) is 5.75 Å². The summed E-state index contributed by atoms with van der Waals surface area (Å²) in [6.07, 6.45) is 3.06. The molecule has 1 aromatic rings. The van der Waals surface area contributed by atoms with Crippen molar-refractivity contribution in [2.24, 2.45) is 0 Å². The Morgan fingerprint density at radius 3 is 2.57 bits per heavy atom. The fourth-order valence-electron chi connectivity index (χ4n) is 2.27. The Bertz CT molecular complexity index is 591. The highest BCUT2D eigenvalue weighted by Crippen LogP contribution is 2.15. The lowest BCUT2D eigenvalue weighted by Gasteiger charge is -2.07. The van der Waals surface area contributed by atoms with E-state index in [-0.39, 0.29) is 16.8 Å². The van der Waals surface area contributed by atoms with Crippen LogP contribution in [-0.4, -0.2) is 31.8 Å². The molecule has 0 atom stereocenters. The van der Waals surface area contributed by atoms with Crippen molar-refractivity contribution in [1.82, 2.24) is 0 Å². The summed E-state index contributed by atoms with van der Waals surface area (Å²) in [7, 11) is -2.96. The van der Waals surface area contributed by atoms with E-state index in [1.54, 1.807) is 13.8 Å². The van der Waals surface area contributed by atoms with Crippen molar-refractivity contribution < 1.29 is 17.9 Å². The van der Waals surface area contributed by atoms with E-state index in [4.69, 9.17) is 4.74 Å². The van der Waals surface area contributed by atoms with Crippen LogP contribution in [-0.2, 0) is 21.1 Å². The van der Waals surface area contributed by atoms with Gasteiger partial charge in [0.25, 0.3) is 0 Å². The third-order valence-corrected chi connectivity index (χ3v) is 6.01. The van der Waals surface area contributed by atoms with Crippen LogP contribution in [0.3, 0.4) is 0 Å². The van der Waals surface area contributed by atoms with E-state index in [0.717, 1.165) is 24.2 Å². The zero-order valence-corrected chi connectivity index (χ0v) is 15.2. The van der Waals surface area contributed by atoms with Gasteiger partial charge in [0.1, 0.15) is 11.5 Å². The molecule has 0 aliphatic carbocycles. The highest BCUT2D eigenvalue weighted by atomic mass is 32.2. The summed E-state index contributed by atoms with van der Waals surface area (Å²) in [5.41, 5.74) is 0.961. The molecule has 1 rings (SSSR count). The molecular weight excluding hydrogens is 312 g/mol. The number of hydrogen-bond acceptors (Lipinski definition) is 4. The quantitative estimate of drug-likeness (QED) is 0.578. The van der Waals surface area contributed by atoms with Gasteiger partial charge in [0.05, 0.1) is 17.6 Å². The van der Waals surface area contributed by atoms with E-state index in [1.807, 2.05) is 31.2 Å². The Kier molecular flexibility index (Phi) is 8.31. The summed E-state index contributed by atoms with van der Waals surface area (Å²) >= 11 is 0. The van der Waals surface area contributed by atoms with Gasteiger partial charge in [-0.3, -0.25) is 4.79 Å². The molecule has 5 heteroatoms. The minimum Gasteiger partial charge on any atom is -0.494 e. The predicted molar refractivity (Wildman–Crippen MR) is 93.7 cm³/mol. The Morgan fingerprint density at radius 2 is 1.91 bits per heavy atom. The van der Waals surface area contributed by atoms with Gasteiger partial charge >= 0.3 is 0 Å². The van der Waals surface area contributed by atoms with E-state index in [0.29, 0.717) is 25.9 Å². The van der Waals surface area contributed by atoms with Crippen molar-refractivity contribution in [3.05, 3.63) is 29.8 Å². The minimum atomic E-state index is -2.96. The summed E-state index contributed by atoms with van der Waals surface area (Å²) in [5, 5.41) is -0.318. The smallest absolute Gasteiger partial charge is 0.152 e. The summed E-state index contributed by atoms with van der Waals surface area (Å²) in [5.74, 6) is 1.19. The van der Waals surface area contributed by atoms with Crippen molar-refractivity contribution in [2.45, 2.75) is 58.1 Å². The van der Waals surface area contributed by atoms with Crippen LogP contribution in [0, 0.1) is 0 Å². The van der Waals surface area contributed by atoms with Gasteiger partial charge in [0.15, 0.2) is 9.84 Å². The van der Waals surface area contributed by atoms with Gasteiger partial charge in [0.2, 0.25) is 0 Å². The van der Waals surface area contributed by atoms with E-state index in [2.05, 4.69) is 0 Å². The SMILES string of the molecule is CCOc1cccc(CC(=O)CCCCCS(=O)(=O)C(C)C)c1. The second kappa shape index (κ2) is 9.71. The van der Waals surface area contributed by atoms with Gasteiger partial charge in [-0.25, -0.2) is 8.42 Å². The number of carbonyl (C=O) groups is 1. The van der Waals surface area contributed by atoms with Crippen molar-refractivity contribution in [3.8, 4) is 5.75 Å². The van der Waals surface area contributed by atoms with Crippen LogP contribution >= 0.6 is 0 Å². The lowest BCUT2D eigenvalue weighted by molar-refractivity contribution is -0.118. The third kappa shape index (κ3) is 7.64. The molecule has 0 bridgehead atoms. The van der Waals surface area contributed by atoms with Crippen LogP contribution in [0.15, 0.2) is 24.3 Å². The number of hydrogen-bond donors (Lipinski definition) is 0. The molecule has 0 saturated carbocycles. The van der Waals surface area contributed by atoms with Gasteiger partial charge in [-0.05, 0) is 51.3 Å². The number of ether oxygens (including phenoxy) is 1. The molecule has 4 nitrogen and oxygen atoms in total. The lowest BCUT2D eigenvalue weighted by Crippen LogP contribution is -2.17. The first-order valence-corrected chi connectivity index (χ1v) is 10.0. The second-order valence-electron chi connectivity index (χ2n) is 6.02. The number of unbranched alkanes of at least 4 members (excludes halogenated alkanes) is 2. The monoisotopic (exact) mass is 340 g/mol. The summed E-state index contributed by atoms with van der Waals surface area (Å²) in [4.78, 5) is 12.0. The van der Waals surface area contributed by atoms with Gasteiger partial charge in [-0.15, -0.1) is 0 Å². The number of rotatable bonds is 11. The molecule has 0 spiro atoms. The molecule has 0 amide bonds. The molecule has 0 saturated heterocycles. The summed E-state index contributed by atoms with van der Waals surface area (Å²) in [6.45, 7) is 5.94. The van der Waals surface area contributed by atoms with Crippen LogP contribution in [0.4, 0.5) is 0 Å². The average molecular weight is 340 g/mol. The van der Waals surface area contributed by atoms with E-state index >= 15 is 0 Å². The number of carbonyl (C=O) groups excluding carboxylic acids is 1. The lowest BCUT2D eigenvalue weighted by atomic mass is 10.0. The van der Waals surface area contributed by atoms with Crippen LogP contribution in [0.2, 0.25) is 0 Å². The van der Waals surface area contributed by atoms with Crippen LogP contribution in [0.25, 0.3) is 0 Å². The molecule has 23 heavy (non-hydrogen) atoms. The maximum Gasteiger partial charge on any atom is 0.152 e. The number of benzene rings is 1. The van der Waals surface area contributed by atoms with Gasteiger partial charge in [0, 0.05) is 12.8 Å². The minimum absolute atomic E-state index is 0.186. The zero-order chi connectivity index (χ0) is 17.3. The van der Waals surface area contributed by atoms with Crippen molar-refractivity contribution in [3.63, 3.8) is 0 Å². The van der Waals surface area contributed by atoms with Gasteiger partial charge in [-0.2, -0.15) is 0 Å². The third-order valence-electron chi connectivity index (χ3n) is 3.71.